The number of anilines is 1. The highest BCUT2D eigenvalue weighted by molar-refractivity contribution is 7.92. The van der Waals surface area contributed by atoms with Gasteiger partial charge >= 0.3 is 0 Å². The standard InChI is InChI=1S/C22H30N2O4S/c1-7-23-20(25)14-28-19-10-8-9-18(13-19)24-29(26,27)21-15(2)11-17(12-16(21)3)22(4,5)6/h8-13,24H,7,14H2,1-6H3,(H,23,25). The fraction of sp³-hybridized carbons (Fsp3) is 0.409. The highest BCUT2D eigenvalue weighted by Crippen LogP contribution is 2.30. The van der Waals surface area contributed by atoms with E-state index in [0.717, 1.165) is 5.56 Å². The molecule has 2 aromatic carbocycles. The second kappa shape index (κ2) is 8.86. The van der Waals surface area contributed by atoms with Crippen LogP contribution in [0.1, 0.15) is 44.4 Å². The fourth-order valence-corrected chi connectivity index (χ4v) is 4.56. The molecular weight excluding hydrogens is 388 g/mol. The van der Waals surface area contributed by atoms with Crippen molar-refractivity contribution in [2.45, 2.75) is 51.9 Å². The van der Waals surface area contributed by atoms with Crippen molar-refractivity contribution in [3.05, 3.63) is 53.1 Å². The van der Waals surface area contributed by atoms with Gasteiger partial charge in [0.05, 0.1) is 10.6 Å². The summed E-state index contributed by atoms with van der Waals surface area (Å²) in [5.41, 5.74) is 2.79. The molecule has 0 heterocycles. The average Bonchev–Trinajstić information content (AvgIpc) is 2.58. The zero-order chi connectivity index (χ0) is 21.8. The molecule has 0 aliphatic heterocycles. The van der Waals surface area contributed by atoms with Gasteiger partial charge in [0.15, 0.2) is 6.61 Å². The van der Waals surface area contributed by atoms with E-state index in [4.69, 9.17) is 4.74 Å². The van der Waals surface area contributed by atoms with E-state index in [1.165, 1.54) is 0 Å². The molecule has 0 bridgehead atoms. The molecule has 0 aliphatic rings. The predicted octanol–water partition coefficient (Wildman–Crippen LogP) is 3.92. The van der Waals surface area contributed by atoms with Gasteiger partial charge in [-0.2, -0.15) is 0 Å². The van der Waals surface area contributed by atoms with Crippen molar-refractivity contribution in [3.63, 3.8) is 0 Å². The van der Waals surface area contributed by atoms with Crippen LogP contribution in [0.2, 0.25) is 0 Å². The Kier molecular flexibility index (Phi) is 6.95. The van der Waals surface area contributed by atoms with Gasteiger partial charge in [-0.05, 0) is 55.0 Å². The summed E-state index contributed by atoms with van der Waals surface area (Å²) in [6.07, 6.45) is 0. The lowest BCUT2D eigenvalue weighted by atomic mass is 9.85. The van der Waals surface area contributed by atoms with E-state index in [1.54, 1.807) is 24.3 Å². The van der Waals surface area contributed by atoms with Crippen LogP contribution < -0.4 is 14.8 Å². The molecule has 6 nitrogen and oxygen atoms in total. The first-order valence-corrected chi connectivity index (χ1v) is 11.1. The molecule has 29 heavy (non-hydrogen) atoms. The molecule has 0 aliphatic carbocycles. The minimum Gasteiger partial charge on any atom is -0.484 e. The summed E-state index contributed by atoms with van der Waals surface area (Å²) in [6.45, 7) is 12.1. The molecular formula is C22H30N2O4S. The van der Waals surface area contributed by atoms with Crippen LogP contribution in [0.5, 0.6) is 5.75 Å². The number of ether oxygens (including phenoxy) is 1. The Bertz CT molecular complexity index is 969. The molecule has 0 saturated heterocycles. The molecule has 0 fully saturated rings. The first-order chi connectivity index (χ1) is 13.4. The maximum absolute atomic E-state index is 13.1. The van der Waals surface area contributed by atoms with E-state index >= 15 is 0 Å². The normalized spacial score (nSPS) is 11.8. The molecule has 2 rings (SSSR count). The van der Waals surface area contributed by atoms with E-state index in [-0.39, 0.29) is 22.8 Å². The number of carbonyl (C=O) groups excluding carboxylic acids is 1. The van der Waals surface area contributed by atoms with E-state index in [1.807, 2.05) is 32.9 Å². The van der Waals surface area contributed by atoms with Gasteiger partial charge < -0.3 is 10.1 Å². The number of benzene rings is 2. The number of hydrogen-bond acceptors (Lipinski definition) is 4. The van der Waals surface area contributed by atoms with E-state index < -0.39 is 10.0 Å². The maximum atomic E-state index is 13.1. The van der Waals surface area contributed by atoms with Gasteiger partial charge in [-0.25, -0.2) is 8.42 Å². The Labute approximate surface area is 173 Å². The van der Waals surface area contributed by atoms with Gasteiger partial charge in [-0.3, -0.25) is 9.52 Å². The van der Waals surface area contributed by atoms with Gasteiger partial charge in [-0.1, -0.05) is 39.0 Å². The highest BCUT2D eigenvalue weighted by Gasteiger charge is 2.23. The third-order valence-electron chi connectivity index (χ3n) is 4.43. The average molecular weight is 419 g/mol. The summed E-state index contributed by atoms with van der Waals surface area (Å²) in [5, 5.41) is 2.64. The third kappa shape index (κ3) is 5.97. The van der Waals surface area contributed by atoms with Crippen molar-refractivity contribution < 1.29 is 17.9 Å². The summed E-state index contributed by atoms with van der Waals surface area (Å²) in [6, 6.07) is 10.4. The van der Waals surface area contributed by atoms with Crippen LogP contribution in [0.15, 0.2) is 41.3 Å². The van der Waals surface area contributed by atoms with Gasteiger partial charge in [0.25, 0.3) is 15.9 Å². The smallest absolute Gasteiger partial charge is 0.262 e. The number of amides is 1. The lowest BCUT2D eigenvalue weighted by Gasteiger charge is -2.22. The minimum atomic E-state index is -3.78. The molecule has 158 valence electrons. The van der Waals surface area contributed by atoms with E-state index in [2.05, 4.69) is 30.8 Å². The number of sulfonamides is 1. The molecule has 0 spiro atoms. The zero-order valence-electron chi connectivity index (χ0n) is 17.9. The third-order valence-corrected chi connectivity index (χ3v) is 6.11. The zero-order valence-corrected chi connectivity index (χ0v) is 18.7. The van der Waals surface area contributed by atoms with Gasteiger partial charge in [0.1, 0.15) is 5.75 Å². The van der Waals surface area contributed by atoms with Crippen molar-refractivity contribution in [2.24, 2.45) is 0 Å². The van der Waals surface area contributed by atoms with Crippen molar-refractivity contribution >= 4 is 21.6 Å². The summed E-state index contributed by atoms with van der Waals surface area (Å²) in [7, 11) is -3.78. The van der Waals surface area contributed by atoms with Crippen LogP contribution in [0, 0.1) is 13.8 Å². The van der Waals surface area contributed by atoms with Crippen molar-refractivity contribution in [1.29, 1.82) is 0 Å². The first-order valence-electron chi connectivity index (χ1n) is 9.58. The van der Waals surface area contributed by atoms with Crippen molar-refractivity contribution in [2.75, 3.05) is 17.9 Å². The van der Waals surface area contributed by atoms with E-state index in [0.29, 0.717) is 29.1 Å². The summed E-state index contributed by atoms with van der Waals surface area (Å²) < 4.78 is 34.2. The quantitative estimate of drug-likeness (QED) is 0.714. The largest absolute Gasteiger partial charge is 0.484 e. The van der Waals surface area contributed by atoms with Crippen LogP contribution in [0.4, 0.5) is 5.69 Å². The second-order valence-corrected chi connectivity index (χ2v) is 9.68. The molecule has 2 aromatic rings. The Hall–Kier alpha value is -2.54. The van der Waals surface area contributed by atoms with Crippen LogP contribution in [0.3, 0.4) is 0 Å². The monoisotopic (exact) mass is 418 g/mol. The summed E-state index contributed by atoms with van der Waals surface area (Å²) >= 11 is 0. The molecule has 2 N–H and O–H groups in total. The van der Waals surface area contributed by atoms with Gasteiger partial charge in [0.2, 0.25) is 0 Å². The Morgan fingerprint density at radius 1 is 1.07 bits per heavy atom. The molecule has 0 saturated carbocycles. The molecule has 0 unspecified atom stereocenters. The van der Waals surface area contributed by atoms with Crippen molar-refractivity contribution in [1.82, 2.24) is 5.32 Å². The van der Waals surface area contributed by atoms with Crippen LogP contribution in [0.25, 0.3) is 0 Å². The second-order valence-electron chi connectivity index (χ2n) is 8.06. The van der Waals surface area contributed by atoms with Gasteiger partial charge in [0, 0.05) is 12.6 Å². The molecule has 0 aromatic heterocycles. The van der Waals surface area contributed by atoms with Gasteiger partial charge in [-0.15, -0.1) is 0 Å². The number of rotatable bonds is 7. The maximum Gasteiger partial charge on any atom is 0.262 e. The molecule has 0 atom stereocenters. The number of carbonyl (C=O) groups is 1. The minimum absolute atomic E-state index is 0.0685. The van der Waals surface area contributed by atoms with Crippen LogP contribution >= 0.6 is 0 Å². The van der Waals surface area contributed by atoms with Crippen LogP contribution in [-0.4, -0.2) is 27.5 Å². The lowest BCUT2D eigenvalue weighted by Crippen LogP contribution is -2.28. The molecule has 7 heteroatoms. The number of aryl methyl sites for hydroxylation is 2. The molecule has 1 amide bonds. The van der Waals surface area contributed by atoms with Crippen LogP contribution in [-0.2, 0) is 20.2 Å². The fourth-order valence-electron chi connectivity index (χ4n) is 3.06. The Balaban J connectivity index is 2.26. The topological polar surface area (TPSA) is 84.5 Å². The van der Waals surface area contributed by atoms with E-state index in [9.17, 15) is 13.2 Å². The number of nitrogens with one attached hydrogen (secondary N) is 2. The number of likely N-dealkylation sites (N-methyl/N-ethyl adjacent to an activating group) is 1. The lowest BCUT2D eigenvalue weighted by molar-refractivity contribution is -0.122. The van der Waals surface area contributed by atoms with Crippen molar-refractivity contribution in [3.8, 4) is 5.75 Å². The first kappa shape index (κ1) is 22.7. The molecule has 0 radical (unpaired) electrons. The Morgan fingerprint density at radius 2 is 1.69 bits per heavy atom. The SMILES string of the molecule is CCNC(=O)COc1cccc(NS(=O)(=O)c2c(C)cc(C(C)(C)C)cc2C)c1. The number of hydrogen-bond donors (Lipinski definition) is 2. The predicted molar refractivity (Wildman–Crippen MR) is 116 cm³/mol. The highest BCUT2D eigenvalue weighted by atomic mass is 32.2. The Morgan fingerprint density at radius 3 is 2.24 bits per heavy atom. The summed E-state index contributed by atoms with van der Waals surface area (Å²) in [5.74, 6) is 0.177. The summed E-state index contributed by atoms with van der Waals surface area (Å²) in [4.78, 5) is 11.8.